The number of aromatic nitrogens is 3. The maximum atomic E-state index is 12.5. The standard InChI is InChI=1S/C18H22N4O3/c1-3-10-25-12(2)18(24)22-9-7-13-15(11-22)20-16(21-17(13)23)14-6-4-5-8-19-14/h4-6,8,12H,3,7,9-11H2,1-2H3,(H,20,21,23)/t12-/m1/s1. The zero-order chi connectivity index (χ0) is 17.8. The van der Waals surface area contributed by atoms with Crippen molar-refractivity contribution in [3.05, 3.63) is 46.0 Å². The monoisotopic (exact) mass is 342 g/mol. The highest BCUT2D eigenvalue weighted by atomic mass is 16.5. The minimum absolute atomic E-state index is 0.0689. The Hall–Kier alpha value is -2.54. The van der Waals surface area contributed by atoms with Gasteiger partial charge >= 0.3 is 0 Å². The molecule has 0 spiro atoms. The van der Waals surface area contributed by atoms with Gasteiger partial charge in [-0.1, -0.05) is 13.0 Å². The molecule has 3 heterocycles. The Morgan fingerprint density at radius 2 is 2.28 bits per heavy atom. The Bertz CT molecular complexity index is 804. The van der Waals surface area contributed by atoms with Crippen LogP contribution < -0.4 is 5.56 Å². The molecule has 1 atom stereocenters. The first-order chi connectivity index (χ1) is 12.1. The summed E-state index contributed by atoms with van der Waals surface area (Å²) in [5.74, 6) is 0.356. The molecular weight excluding hydrogens is 320 g/mol. The van der Waals surface area contributed by atoms with Crippen LogP contribution in [0.4, 0.5) is 0 Å². The fraction of sp³-hybridized carbons (Fsp3) is 0.444. The molecule has 0 aliphatic carbocycles. The number of hydrogen-bond donors (Lipinski definition) is 1. The molecule has 7 nitrogen and oxygen atoms in total. The summed E-state index contributed by atoms with van der Waals surface area (Å²) in [5, 5.41) is 0. The van der Waals surface area contributed by atoms with E-state index in [9.17, 15) is 9.59 Å². The molecule has 0 bridgehead atoms. The number of H-pyrrole nitrogens is 1. The number of hydrogen-bond acceptors (Lipinski definition) is 5. The molecule has 132 valence electrons. The van der Waals surface area contributed by atoms with Crippen LogP contribution in [0.3, 0.4) is 0 Å². The Kier molecular flexibility index (Phi) is 5.23. The topological polar surface area (TPSA) is 88.2 Å². The number of amides is 1. The number of nitrogens with one attached hydrogen (secondary N) is 1. The number of nitrogens with zero attached hydrogens (tertiary/aromatic N) is 3. The van der Waals surface area contributed by atoms with Gasteiger partial charge in [0.1, 0.15) is 11.8 Å². The molecule has 0 fully saturated rings. The number of carbonyl (C=O) groups excluding carboxylic acids is 1. The predicted molar refractivity (Wildman–Crippen MR) is 92.9 cm³/mol. The van der Waals surface area contributed by atoms with Crippen molar-refractivity contribution in [1.29, 1.82) is 0 Å². The SMILES string of the molecule is CCCO[C@H](C)C(=O)N1CCc2c(nc(-c3ccccn3)[nH]c2=O)C1. The molecule has 25 heavy (non-hydrogen) atoms. The Balaban J connectivity index is 1.83. The number of aromatic amines is 1. The van der Waals surface area contributed by atoms with Gasteiger partial charge in [0.25, 0.3) is 11.5 Å². The maximum Gasteiger partial charge on any atom is 0.254 e. The van der Waals surface area contributed by atoms with Gasteiger partial charge in [0, 0.05) is 24.9 Å². The Morgan fingerprint density at radius 3 is 3.00 bits per heavy atom. The molecule has 0 radical (unpaired) electrons. The normalized spacial score (nSPS) is 14.9. The van der Waals surface area contributed by atoms with E-state index in [-0.39, 0.29) is 11.5 Å². The van der Waals surface area contributed by atoms with Gasteiger partial charge in [0.05, 0.1) is 12.2 Å². The van der Waals surface area contributed by atoms with E-state index in [1.807, 2.05) is 13.0 Å². The average Bonchev–Trinajstić information content (AvgIpc) is 2.65. The predicted octanol–water partition coefficient (Wildman–Crippen LogP) is 1.53. The highest BCUT2D eigenvalue weighted by Gasteiger charge is 2.27. The number of ether oxygens (including phenoxy) is 1. The zero-order valence-corrected chi connectivity index (χ0v) is 14.5. The minimum atomic E-state index is -0.487. The quantitative estimate of drug-likeness (QED) is 0.890. The molecule has 1 aliphatic heterocycles. The summed E-state index contributed by atoms with van der Waals surface area (Å²) in [6.07, 6.45) is 2.52. The Labute approximate surface area is 146 Å². The lowest BCUT2D eigenvalue weighted by atomic mass is 10.1. The average molecular weight is 342 g/mol. The molecule has 3 rings (SSSR count). The van der Waals surface area contributed by atoms with Crippen LogP contribution in [0.1, 0.15) is 31.5 Å². The maximum absolute atomic E-state index is 12.5. The second-order valence-electron chi connectivity index (χ2n) is 6.08. The van der Waals surface area contributed by atoms with Crippen LogP contribution in [0.25, 0.3) is 11.5 Å². The molecular formula is C18H22N4O3. The van der Waals surface area contributed by atoms with Crippen LogP contribution in [0.5, 0.6) is 0 Å². The van der Waals surface area contributed by atoms with Gasteiger partial charge in [0.2, 0.25) is 0 Å². The number of rotatable bonds is 5. The van der Waals surface area contributed by atoms with E-state index in [0.29, 0.717) is 48.9 Å². The summed E-state index contributed by atoms with van der Waals surface area (Å²) < 4.78 is 5.52. The first-order valence-corrected chi connectivity index (χ1v) is 8.54. The van der Waals surface area contributed by atoms with Crippen LogP contribution in [-0.2, 0) is 22.5 Å². The third-order valence-corrected chi connectivity index (χ3v) is 4.21. The van der Waals surface area contributed by atoms with E-state index in [2.05, 4.69) is 15.0 Å². The van der Waals surface area contributed by atoms with Crippen LogP contribution in [0.15, 0.2) is 29.2 Å². The third-order valence-electron chi connectivity index (χ3n) is 4.21. The van der Waals surface area contributed by atoms with Gasteiger partial charge in [0.15, 0.2) is 5.82 Å². The van der Waals surface area contributed by atoms with Crippen molar-refractivity contribution in [3.8, 4) is 11.5 Å². The molecule has 7 heteroatoms. The second-order valence-corrected chi connectivity index (χ2v) is 6.08. The van der Waals surface area contributed by atoms with E-state index in [1.165, 1.54) is 0 Å². The smallest absolute Gasteiger partial charge is 0.254 e. The lowest BCUT2D eigenvalue weighted by Gasteiger charge is -2.30. The van der Waals surface area contributed by atoms with Crippen LogP contribution in [0.2, 0.25) is 0 Å². The van der Waals surface area contributed by atoms with Gasteiger partial charge in [-0.3, -0.25) is 14.6 Å². The van der Waals surface area contributed by atoms with Crippen molar-refractivity contribution < 1.29 is 9.53 Å². The van der Waals surface area contributed by atoms with Gasteiger partial charge < -0.3 is 14.6 Å². The fourth-order valence-electron chi connectivity index (χ4n) is 2.87. The first kappa shape index (κ1) is 17.3. The molecule has 0 saturated carbocycles. The Morgan fingerprint density at radius 1 is 1.44 bits per heavy atom. The van der Waals surface area contributed by atoms with Crippen molar-refractivity contribution in [3.63, 3.8) is 0 Å². The fourth-order valence-corrected chi connectivity index (χ4v) is 2.87. The zero-order valence-electron chi connectivity index (χ0n) is 14.5. The van der Waals surface area contributed by atoms with Crippen molar-refractivity contribution in [2.75, 3.05) is 13.2 Å². The molecule has 2 aromatic heterocycles. The lowest BCUT2D eigenvalue weighted by molar-refractivity contribution is -0.143. The molecule has 0 unspecified atom stereocenters. The molecule has 1 amide bonds. The largest absolute Gasteiger partial charge is 0.369 e. The van der Waals surface area contributed by atoms with Crippen molar-refractivity contribution in [2.45, 2.75) is 39.3 Å². The number of carbonyl (C=O) groups is 1. The minimum Gasteiger partial charge on any atom is -0.369 e. The summed E-state index contributed by atoms with van der Waals surface area (Å²) in [6.45, 7) is 5.14. The van der Waals surface area contributed by atoms with Gasteiger partial charge in [-0.15, -0.1) is 0 Å². The molecule has 1 N–H and O–H groups in total. The first-order valence-electron chi connectivity index (χ1n) is 8.54. The molecule has 0 saturated heterocycles. The summed E-state index contributed by atoms with van der Waals surface area (Å²) in [6, 6.07) is 5.43. The summed E-state index contributed by atoms with van der Waals surface area (Å²) in [4.78, 5) is 38.1. The van der Waals surface area contributed by atoms with Gasteiger partial charge in [-0.05, 0) is 31.9 Å². The molecule has 2 aromatic rings. The van der Waals surface area contributed by atoms with Crippen molar-refractivity contribution in [1.82, 2.24) is 19.9 Å². The van der Waals surface area contributed by atoms with Gasteiger partial charge in [-0.2, -0.15) is 0 Å². The highest BCUT2D eigenvalue weighted by molar-refractivity contribution is 5.80. The van der Waals surface area contributed by atoms with E-state index in [0.717, 1.165) is 6.42 Å². The van der Waals surface area contributed by atoms with Crippen LogP contribution in [-0.4, -0.2) is 45.0 Å². The van der Waals surface area contributed by atoms with E-state index in [4.69, 9.17) is 4.74 Å². The summed E-state index contributed by atoms with van der Waals surface area (Å²) in [7, 11) is 0. The van der Waals surface area contributed by atoms with Crippen molar-refractivity contribution in [2.24, 2.45) is 0 Å². The molecule has 0 aromatic carbocycles. The lowest BCUT2D eigenvalue weighted by Crippen LogP contribution is -2.44. The molecule has 1 aliphatic rings. The summed E-state index contributed by atoms with van der Waals surface area (Å²) in [5.41, 5.74) is 1.72. The van der Waals surface area contributed by atoms with E-state index < -0.39 is 6.10 Å². The second kappa shape index (κ2) is 7.57. The highest BCUT2D eigenvalue weighted by Crippen LogP contribution is 2.18. The number of pyridine rings is 1. The number of fused-ring (bicyclic) bond motifs is 1. The van der Waals surface area contributed by atoms with E-state index >= 15 is 0 Å². The van der Waals surface area contributed by atoms with E-state index in [1.54, 1.807) is 30.2 Å². The third kappa shape index (κ3) is 3.76. The van der Waals surface area contributed by atoms with Gasteiger partial charge in [-0.25, -0.2) is 4.98 Å². The van der Waals surface area contributed by atoms with Crippen LogP contribution >= 0.6 is 0 Å². The van der Waals surface area contributed by atoms with Crippen molar-refractivity contribution >= 4 is 5.91 Å². The van der Waals surface area contributed by atoms with Crippen LogP contribution in [0, 0.1) is 0 Å². The summed E-state index contributed by atoms with van der Waals surface area (Å²) >= 11 is 0.